The van der Waals surface area contributed by atoms with Gasteiger partial charge in [0, 0.05) is 71.2 Å². The second-order valence-electron chi connectivity index (χ2n) is 23.6. The number of nitrogens with one attached hydrogen (secondary N) is 1. The van der Waals surface area contributed by atoms with Crippen molar-refractivity contribution in [3.8, 4) is 61.6 Å². The topological polar surface area (TPSA) is 30.6 Å². The number of rotatable bonds is 5. The fraction of sp³-hybridized carbons (Fsp3) is 0. The zero-order valence-electron chi connectivity index (χ0n) is 47.8. The molecule has 15 aromatic carbocycles. The van der Waals surface area contributed by atoms with E-state index in [0.29, 0.717) is 0 Å². The van der Waals surface area contributed by atoms with Gasteiger partial charge in [-0.25, -0.2) is 0 Å². The molecule has 0 atom stereocenters. The molecule has 0 amide bonds. The average Bonchev–Trinajstić information content (AvgIpc) is 1.77. The van der Waals surface area contributed by atoms with E-state index in [9.17, 15) is 0 Å². The standard InChI is InChI=1S/C50H30N2.C34H22N2/c1-2-13-35(14-3-1)51-47-25-23-33(29-44(47)50-37-15-5-4-11-31(37)21-26-48(50)51)32-22-24-46-42(28-32)40-18-8-9-20-45(40)52(46)36-27-34-12-10-19-41-38-16-6-7-17-39(38)43(30-36)49(34)41;1-2-9-25(10-3-1)36-32-18-16-24(21-29(32)34-26-11-5-4-8-22(26)15-19-33(34)36)23-14-17-31-28(20-23)27-12-6-7-13-30(27)35-31/h1-30H;1-21,35H. The molecular weight excluding hydrogens is 1060 g/mol. The third kappa shape index (κ3) is 7.21. The second kappa shape index (κ2) is 18.9. The summed E-state index contributed by atoms with van der Waals surface area (Å²) in [5.74, 6) is 0. The summed E-state index contributed by atoms with van der Waals surface area (Å²) < 4.78 is 7.26. The Bertz CT molecular complexity index is 6110. The fourth-order valence-electron chi connectivity index (χ4n) is 15.0. The Labute approximate surface area is 506 Å². The zero-order chi connectivity index (χ0) is 57.6. The highest BCUT2D eigenvalue weighted by Crippen LogP contribution is 2.49. The molecule has 1 N–H and O–H groups in total. The first kappa shape index (κ1) is 48.6. The zero-order valence-corrected chi connectivity index (χ0v) is 47.8. The van der Waals surface area contributed by atoms with Crippen molar-refractivity contribution in [1.82, 2.24) is 18.7 Å². The van der Waals surface area contributed by atoms with Crippen molar-refractivity contribution < 1.29 is 0 Å². The molecule has 19 aromatic rings. The number of aromatic nitrogens is 4. The Hall–Kier alpha value is -11.7. The Kier molecular flexibility index (Phi) is 10.4. The van der Waals surface area contributed by atoms with Crippen molar-refractivity contribution in [1.29, 1.82) is 0 Å². The molecule has 0 saturated carbocycles. The molecule has 4 heterocycles. The quantitative estimate of drug-likeness (QED) is 0.178. The smallest absolute Gasteiger partial charge is 0.0547 e. The second-order valence-corrected chi connectivity index (χ2v) is 23.6. The molecule has 20 rings (SSSR count). The van der Waals surface area contributed by atoms with E-state index in [4.69, 9.17) is 0 Å². The molecule has 0 radical (unpaired) electrons. The van der Waals surface area contributed by atoms with Gasteiger partial charge in [0.25, 0.3) is 0 Å². The van der Waals surface area contributed by atoms with Crippen LogP contribution in [0.3, 0.4) is 0 Å². The first-order chi connectivity index (χ1) is 43.6. The predicted molar refractivity (Wildman–Crippen MR) is 373 cm³/mol. The van der Waals surface area contributed by atoms with Crippen molar-refractivity contribution in [3.05, 3.63) is 309 Å². The highest BCUT2D eigenvalue weighted by Gasteiger charge is 2.24. The molecule has 408 valence electrons. The van der Waals surface area contributed by atoms with Crippen LogP contribution in [0.5, 0.6) is 0 Å². The number of hydrogen-bond acceptors (Lipinski definition) is 0. The van der Waals surface area contributed by atoms with Crippen molar-refractivity contribution in [2.45, 2.75) is 0 Å². The van der Waals surface area contributed by atoms with Gasteiger partial charge in [-0.15, -0.1) is 0 Å². The van der Waals surface area contributed by atoms with E-state index >= 15 is 0 Å². The molecule has 1 aliphatic carbocycles. The van der Waals surface area contributed by atoms with Crippen LogP contribution in [-0.2, 0) is 0 Å². The molecule has 0 fully saturated rings. The van der Waals surface area contributed by atoms with Gasteiger partial charge < -0.3 is 18.7 Å². The summed E-state index contributed by atoms with van der Waals surface area (Å²) in [6.07, 6.45) is 0. The number of fused-ring (bicyclic) bond motifs is 19. The number of H-pyrrole nitrogens is 1. The molecule has 0 bridgehead atoms. The number of aromatic amines is 1. The van der Waals surface area contributed by atoms with Gasteiger partial charge in [0.05, 0.1) is 33.1 Å². The Morgan fingerprint density at radius 2 is 0.614 bits per heavy atom. The fourth-order valence-corrected chi connectivity index (χ4v) is 15.0. The van der Waals surface area contributed by atoms with E-state index in [2.05, 4.69) is 328 Å². The summed E-state index contributed by atoms with van der Waals surface area (Å²) in [5, 5.41) is 17.9. The first-order valence-electron chi connectivity index (χ1n) is 30.4. The molecule has 1 aliphatic rings. The molecule has 4 nitrogen and oxygen atoms in total. The Balaban J connectivity index is 0.000000137. The summed E-state index contributed by atoms with van der Waals surface area (Å²) in [5.41, 5.74) is 23.4. The van der Waals surface area contributed by atoms with Crippen LogP contribution in [0, 0.1) is 0 Å². The predicted octanol–water partition coefficient (Wildman–Crippen LogP) is 22.7. The number of para-hydroxylation sites is 4. The largest absolute Gasteiger partial charge is 0.355 e. The van der Waals surface area contributed by atoms with Crippen LogP contribution in [0.15, 0.2) is 309 Å². The highest BCUT2D eigenvalue weighted by molar-refractivity contribution is 6.24. The lowest BCUT2D eigenvalue weighted by Gasteiger charge is -2.12. The number of benzene rings is 15. The van der Waals surface area contributed by atoms with E-state index in [-0.39, 0.29) is 0 Å². The molecular formula is C84H52N4. The van der Waals surface area contributed by atoms with Gasteiger partial charge in [-0.05, 0) is 186 Å². The third-order valence-electron chi connectivity index (χ3n) is 18.9. The molecule has 4 heteroatoms. The monoisotopic (exact) mass is 1120 g/mol. The maximum absolute atomic E-state index is 3.55. The number of hydrogen-bond donors (Lipinski definition) is 1. The van der Waals surface area contributed by atoms with Gasteiger partial charge in [0.2, 0.25) is 0 Å². The minimum absolute atomic E-state index is 1.17. The molecule has 0 aliphatic heterocycles. The van der Waals surface area contributed by atoms with Crippen LogP contribution in [0.1, 0.15) is 0 Å². The molecule has 0 spiro atoms. The van der Waals surface area contributed by atoms with Crippen LogP contribution in [-0.4, -0.2) is 18.7 Å². The minimum atomic E-state index is 1.17. The summed E-state index contributed by atoms with van der Waals surface area (Å²) >= 11 is 0. The van der Waals surface area contributed by atoms with E-state index in [1.165, 1.54) is 181 Å². The number of nitrogens with zero attached hydrogens (tertiary/aromatic N) is 3. The van der Waals surface area contributed by atoms with Crippen molar-refractivity contribution in [2.75, 3.05) is 0 Å². The van der Waals surface area contributed by atoms with E-state index in [0.717, 1.165) is 0 Å². The van der Waals surface area contributed by atoms with Crippen molar-refractivity contribution in [2.24, 2.45) is 0 Å². The Morgan fingerprint density at radius 1 is 0.193 bits per heavy atom. The van der Waals surface area contributed by atoms with Crippen LogP contribution < -0.4 is 0 Å². The average molecular weight is 1120 g/mol. The summed E-state index contributed by atoms with van der Waals surface area (Å²) in [6, 6.07) is 113. The first-order valence-corrected chi connectivity index (χ1v) is 30.4. The minimum Gasteiger partial charge on any atom is -0.355 e. The van der Waals surface area contributed by atoms with Crippen LogP contribution in [0.25, 0.3) is 181 Å². The van der Waals surface area contributed by atoms with Crippen LogP contribution >= 0.6 is 0 Å². The summed E-state index contributed by atoms with van der Waals surface area (Å²) in [4.78, 5) is 3.55. The van der Waals surface area contributed by atoms with Crippen LogP contribution in [0.4, 0.5) is 0 Å². The third-order valence-corrected chi connectivity index (χ3v) is 18.9. The maximum atomic E-state index is 3.55. The lowest BCUT2D eigenvalue weighted by Crippen LogP contribution is -1.95. The van der Waals surface area contributed by atoms with E-state index < -0.39 is 0 Å². The molecule has 0 saturated heterocycles. The Morgan fingerprint density at radius 3 is 1.24 bits per heavy atom. The van der Waals surface area contributed by atoms with Crippen LogP contribution in [0.2, 0.25) is 0 Å². The SMILES string of the molecule is c1ccc(-n2c3ccc(-c4ccc5[nH]c6ccccc6c5c4)cc3c3c4ccccc4ccc32)cc1.c1ccc(-n2c3ccc(-c4ccc5c(c4)c4ccccc4n5-c4cc5c6c(cccc6c4)-c4ccccc4-5)cc3c3c4ccccc4ccc32)cc1. The normalized spacial score (nSPS) is 12.1. The maximum Gasteiger partial charge on any atom is 0.0547 e. The summed E-state index contributed by atoms with van der Waals surface area (Å²) in [7, 11) is 0. The van der Waals surface area contributed by atoms with Gasteiger partial charge >= 0.3 is 0 Å². The van der Waals surface area contributed by atoms with Gasteiger partial charge in [-0.1, -0.05) is 200 Å². The van der Waals surface area contributed by atoms with Gasteiger partial charge in [-0.2, -0.15) is 0 Å². The van der Waals surface area contributed by atoms with Gasteiger partial charge in [0.15, 0.2) is 0 Å². The van der Waals surface area contributed by atoms with Gasteiger partial charge in [0.1, 0.15) is 0 Å². The lowest BCUT2D eigenvalue weighted by molar-refractivity contribution is 1.18. The highest BCUT2D eigenvalue weighted by atomic mass is 15.0. The molecule has 88 heavy (non-hydrogen) atoms. The van der Waals surface area contributed by atoms with Crippen molar-refractivity contribution in [3.63, 3.8) is 0 Å². The molecule has 4 aromatic heterocycles. The van der Waals surface area contributed by atoms with E-state index in [1.807, 2.05) is 0 Å². The van der Waals surface area contributed by atoms with Crippen molar-refractivity contribution >= 4 is 120 Å². The van der Waals surface area contributed by atoms with Gasteiger partial charge in [-0.3, -0.25) is 0 Å². The summed E-state index contributed by atoms with van der Waals surface area (Å²) in [6.45, 7) is 0. The van der Waals surface area contributed by atoms with E-state index in [1.54, 1.807) is 0 Å². The lowest BCUT2D eigenvalue weighted by atomic mass is 9.99. The molecule has 0 unspecified atom stereocenters.